The fourth-order valence-corrected chi connectivity index (χ4v) is 4.04. The van der Waals surface area contributed by atoms with E-state index in [-0.39, 0.29) is 17.9 Å². The van der Waals surface area contributed by atoms with Crippen LogP contribution in [0.15, 0.2) is 85.2 Å². The fraction of sp³-hybridized carbons (Fsp3) is 0.222. The van der Waals surface area contributed by atoms with Crippen LogP contribution in [0.3, 0.4) is 0 Å². The van der Waals surface area contributed by atoms with Gasteiger partial charge in [0, 0.05) is 50.0 Å². The van der Waals surface area contributed by atoms with Gasteiger partial charge >= 0.3 is 0 Å². The summed E-state index contributed by atoms with van der Waals surface area (Å²) in [5.41, 5.74) is 3.26. The quantitative estimate of drug-likeness (QED) is 0.449. The summed E-state index contributed by atoms with van der Waals surface area (Å²) in [6, 6.07) is 23.1. The van der Waals surface area contributed by atoms with E-state index in [1.165, 1.54) is 0 Å². The largest absolute Gasteiger partial charge is 0.351 e. The summed E-state index contributed by atoms with van der Waals surface area (Å²) in [4.78, 5) is 32.0. The van der Waals surface area contributed by atoms with Crippen LogP contribution in [0, 0.1) is 0 Å². The molecule has 0 fully saturated rings. The van der Waals surface area contributed by atoms with Crippen molar-refractivity contribution < 1.29 is 9.59 Å². The Labute approximate surface area is 193 Å². The van der Waals surface area contributed by atoms with Gasteiger partial charge in [-0.3, -0.25) is 14.6 Å². The normalized spacial score (nSPS) is 11.8. The van der Waals surface area contributed by atoms with Crippen LogP contribution in [0.1, 0.15) is 32.8 Å². The Hall–Kier alpha value is -3.93. The summed E-state index contributed by atoms with van der Waals surface area (Å²) >= 11 is 0. The average Bonchev–Trinajstić information content (AvgIpc) is 3.28. The average molecular weight is 441 g/mol. The van der Waals surface area contributed by atoms with E-state index in [1.54, 1.807) is 21.7 Å². The molecule has 1 N–H and O–H groups in total. The number of aromatic nitrogens is 2. The van der Waals surface area contributed by atoms with Gasteiger partial charge in [0.15, 0.2) is 0 Å². The SMILES string of the molecule is CN(C(=O)c1ccc2ncccc2c1)[C@H](CCNC(=O)c1cccn1C)Cc1ccccc1. The van der Waals surface area contributed by atoms with E-state index in [0.717, 1.165) is 16.5 Å². The fourth-order valence-electron chi connectivity index (χ4n) is 4.04. The molecule has 0 bridgehead atoms. The second-order valence-electron chi connectivity index (χ2n) is 8.22. The number of fused-ring (bicyclic) bond motifs is 1. The van der Waals surface area contributed by atoms with Crippen molar-refractivity contribution in [2.45, 2.75) is 18.9 Å². The first-order valence-corrected chi connectivity index (χ1v) is 11.1. The Kier molecular flexibility index (Phi) is 6.83. The van der Waals surface area contributed by atoms with Crippen LogP contribution < -0.4 is 5.32 Å². The van der Waals surface area contributed by atoms with Gasteiger partial charge in [0.1, 0.15) is 5.69 Å². The first kappa shape index (κ1) is 22.3. The molecule has 6 nitrogen and oxygen atoms in total. The molecular weight excluding hydrogens is 412 g/mol. The van der Waals surface area contributed by atoms with Crippen LogP contribution in [-0.4, -0.2) is 45.9 Å². The maximum atomic E-state index is 13.4. The van der Waals surface area contributed by atoms with Gasteiger partial charge in [-0.05, 0) is 54.8 Å². The number of carbonyl (C=O) groups excluding carboxylic acids is 2. The van der Waals surface area contributed by atoms with E-state index in [2.05, 4.69) is 22.4 Å². The lowest BCUT2D eigenvalue weighted by Gasteiger charge is -2.29. The van der Waals surface area contributed by atoms with Crippen LogP contribution in [0.5, 0.6) is 0 Å². The van der Waals surface area contributed by atoms with Gasteiger partial charge in [0.2, 0.25) is 0 Å². The van der Waals surface area contributed by atoms with E-state index in [4.69, 9.17) is 0 Å². The highest BCUT2D eigenvalue weighted by atomic mass is 16.2. The number of pyridine rings is 1. The highest BCUT2D eigenvalue weighted by molar-refractivity contribution is 5.98. The zero-order valence-corrected chi connectivity index (χ0v) is 18.9. The van der Waals surface area contributed by atoms with Crippen molar-refractivity contribution in [2.24, 2.45) is 7.05 Å². The Morgan fingerprint density at radius 2 is 1.85 bits per heavy atom. The van der Waals surface area contributed by atoms with Crippen molar-refractivity contribution in [3.8, 4) is 0 Å². The number of hydrogen-bond donors (Lipinski definition) is 1. The molecule has 0 spiro atoms. The standard InChI is InChI=1S/C27H28N4O2/c1-30-17-7-11-25(30)26(32)29-16-14-23(18-20-8-4-3-5-9-20)31(2)27(33)22-12-13-24-21(19-22)10-6-15-28-24/h3-13,15,17,19,23H,14,16,18H2,1-2H3,(H,29,32)/t23-/m1/s1. The number of benzene rings is 2. The summed E-state index contributed by atoms with van der Waals surface area (Å²) in [6.45, 7) is 0.473. The molecule has 0 radical (unpaired) electrons. The number of nitrogens with zero attached hydrogens (tertiary/aromatic N) is 3. The minimum absolute atomic E-state index is 0.0459. The predicted molar refractivity (Wildman–Crippen MR) is 130 cm³/mol. The molecule has 168 valence electrons. The zero-order valence-electron chi connectivity index (χ0n) is 18.9. The lowest BCUT2D eigenvalue weighted by atomic mass is 10.0. The van der Waals surface area contributed by atoms with E-state index in [9.17, 15) is 9.59 Å². The topological polar surface area (TPSA) is 67.2 Å². The minimum atomic E-state index is -0.114. The summed E-state index contributed by atoms with van der Waals surface area (Å²) in [5, 5.41) is 3.93. The second-order valence-corrected chi connectivity index (χ2v) is 8.22. The number of likely N-dealkylation sites (N-methyl/N-ethyl adjacent to an activating group) is 1. The van der Waals surface area contributed by atoms with Gasteiger partial charge in [-0.1, -0.05) is 36.4 Å². The Morgan fingerprint density at radius 1 is 1.03 bits per heavy atom. The Balaban J connectivity index is 1.49. The molecule has 4 rings (SSSR count). The Morgan fingerprint density at radius 3 is 2.61 bits per heavy atom. The Bertz CT molecular complexity index is 1250. The molecule has 33 heavy (non-hydrogen) atoms. The third kappa shape index (κ3) is 5.29. The molecule has 1 atom stereocenters. The molecule has 0 aliphatic carbocycles. The molecule has 0 aliphatic rings. The number of aryl methyl sites for hydroxylation is 1. The highest BCUT2D eigenvalue weighted by Gasteiger charge is 2.22. The van der Waals surface area contributed by atoms with Gasteiger partial charge in [-0.15, -0.1) is 0 Å². The third-order valence-electron chi connectivity index (χ3n) is 5.97. The van der Waals surface area contributed by atoms with Gasteiger partial charge in [0.25, 0.3) is 11.8 Å². The van der Waals surface area contributed by atoms with Crippen molar-refractivity contribution >= 4 is 22.7 Å². The summed E-state index contributed by atoms with van der Waals surface area (Å²) in [6.07, 6.45) is 4.94. The van der Waals surface area contributed by atoms with Crippen LogP contribution in [0.25, 0.3) is 10.9 Å². The van der Waals surface area contributed by atoms with Crippen molar-refractivity contribution in [1.29, 1.82) is 0 Å². The van der Waals surface area contributed by atoms with Crippen molar-refractivity contribution in [1.82, 2.24) is 19.8 Å². The van der Waals surface area contributed by atoms with Gasteiger partial charge in [-0.25, -0.2) is 0 Å². The summed E-state index contributed by atoms with van der Waals surface area (Å²) in [5.74, 6) is -0.160. The van der Waals surface area contributed by atoms with E-state index < -0.39 is 0 Å². The minimum Gasteiger partial charge on any atom is -0.351 e. The molecule has 2 amide bonds. The van der Waals surface area contributed by atoms with Crippen molar-refractivity contribution in [3.05, 3.63) is 102 Å². The van der Waals surface area contributed by atoms with Crippen LogP contribution in [-0.2, 0) is 13.5 Å². The second kappa shape index (κ2) is 10.1. The highest BCUT2D eigenvalue weighted by Crippen LogP contribution is 2.18. The van der Waals surface area contributed by atoms with Crippen LogP contribution >= 0.6 is 0 Å². The number of amides is 2. The van der Waals surface area contributed by atoms with E-state index in [0.29, 0.717) is 30.6 Å². The number of hydrogen-bond acceptors (Lipinski definition) is 3. The molecule has 0 saturated heterocycles. The van der Waals surface area contributed by atoms with Gasteiger partial charge in [0.05, 0.1) is 5.52 Å². The van der Waals surface area contributed by atoms with E-state index in [1.807, 2.05) is 74.9 Å². The smallest absolute Gasteiger partial charge is 0.267 e. The number of rotatable bonds is 8. The van der Waals surface area contributed by atoms with Crippen molar-refractivity contribution in [3.63, 3.8) is 0 Å². The monoisotopic (exact) mass is 440 g/mol. The molecule has 0 unspecified atom stereocenters. The number of nitrogens with one attached hydrogen (secondary N) is 1. The van der Waals surface area contributed by atoms with E-state index >= 15 is 0 Å². The van der Waals surface area contributed by atoms with Crippen molar-refractivity contribution in [2.75, 3.05) is 13.6 Å². The number of carbonyl (C=O) groups is 2. The van der Waals surface area contributed by atoms with Crippen LogP contribution in [0.2, 0.25) is 0 Å². The molecule has 0 saturated carbocycles. The zero-order chi connectivity index (χ0) is 23.2. The first-order chi connectivity index (χ1) is 16.0. The summed E-state index contributed by atoms with van der Waals surface area (Å²) in [7, 11) is 3.68. The maximum absolute atomic E-state index is 13.4. The van der Waals surface area contributed by atoms with Crippen LogP contribution in [0.4, 0.5) is 0 Å². The maximum Gasteiger partial charge on any atom is 0.267 e. The molecular formula is C27H28N4O2. The molecule has 2 aromatic heterocycles. The summed E-state index contributed by atoms with van der Waals surface area (Å²) < 4.78 is 1.79. The molecule has 0 aliphatic heterocycles. The first-order valence-electron chi connectivity index (χ1n) is 11.1. The van der Waals surface area contributed by atoms with Gasteiger partial charge < -0.3 is 14.8 Å². The molecule has 2 aromatic carbocycles. The lowest BCUT2D eigenvalue weighted by Crippen LogP contribution is -2.41. The molecule has 4 aromatic rings. The van der Waals surface area contributed by atoms with Gasteiger partial charge in [-0.2, -0.15) is 0 Å². The lowest BCUT2D eigenvalue weighted by molar-refractivity contribution is 0.0723. The predicted octanol–water partition coefficient (Wildman–Crippen LogP) is 4.08. The third-order valence-corrected chi connectivity index (χ3v) is 5.97. The molecule has 6 heteroatoms. The molecule has 2 heterocycles.